The first-order valence-electron chi connectivity index (χ1n) is 6.33. The van der Waals surface area contributed by atoms with E-state index in [4.69, 9.17) is 9.47 Å². The van der Waals surface area contributed by atoms with Crippen molar-refractivity contribution in [3.8, 4) is 17.6 Å². The number of fused-ring (bicyclic) bond motifs is 2. The topological polar surface area (TPSA) is 42.2 Å². The predicted octanol–water partition coefficient (Wildman–Crippen LogP) is 3.19. The zero-order chi connectivity index (χ0) is 13.4. The zero-order valence-corrected chi connectivity index (χ0v) is 11.0. The maximum Gasteiger partial charge on any atom is 0.130 e. The summed E-state index contributed by atoms with van der Waals surface area (Å²) in [7, 11) is 3.28. The number of rotatable bonds is 3. The van der Waals surface area contributed by atoms with E-state index in [1.807, 2.05) is 18.2 Å². The van der Waals surface area contributed by atoms with E-state index < -0.39 is 0 Å². The Morgan fingerprint density at radius 3 is 2.63 bits per heavy atom. The number of benzene rings is 1. The second kappa shape index (κ2) is 4.47. The molecule has 2 atom stereocenters. The van der Waals surface area contributed by atoms with Gasteiger partial charge in [0.15, 0.2) is 0 Å². The molecular weight excluding hydrogens is 238 g/mol. The van der Waals surface area contributed by atoms with E-state index in [9.17, 15) is 5.26 Å². The van der Waals surface area contributed by atoms with Crippen LogP contribution in [0, 0.1) is 23.2 Å². The van der Waals surface area contributed by atoms with Crippen LogP contribution in [0.4, 0.5) is 0 Å². The van der Waals surface area contributed by atoms with Crippen LogP contribution >= 0.6 is 0 Å². The largest absolute Gasteiger partial charge is 0.497 e. The molecule has 3 nitrogen and oxygen atoms in total. The molecule has 0 aromatic heterocycles. The molecule has 96 valence electrons. The number of nitriles is 1. The fourth-order valence-electron chi connectivity index (χ4n) is 3.04. The SMILES string of the molecule is COc1ccc(C2=C(C#N)C3C=CC2C3)c(OC)c1. The average molecular weight is 253 g/mol. The van der Waals surface area contributed by atoms with Gasteiger partial charge in [-0.3, -0.25) is 0 Å². The minimum Gasteiger partial charge on any atom is -0.497 e. The smallest absolute Gasteiger partial charge is 0.130 e. The van der Waals surface area contributed by atoms with Gasteiger partial charge in [0.25, 0.3) is 0 Å². The number of ether oxygens (including phenoxy) is 2. The molecule has 0 N–H and O–H groups in total. The van der Waals surface area contributed by atoms with Gasteiger partial charge in [0.2, 0.25) is 0 Å². The van der Waals surface area contributed by atoms with Crippen LogP contribution in [0.5, 0.6) is 11.5 Å². The standard InChI is InChI=1S/C16H15NO2/c1-18-12-5-6-13(15(8-12)19-2)16-11-4-3-10(7-11)14(16)9-17/h3-6,8,10-11H,7H2,1-2H3. The van der Waals surface area contributed by atoms with Gasteiger partial charge in [0.05, 0.1) is 20.3 Å². The molecule has 0 heterocycles. The molecule has 0 aliphatic heterocycles. The van der Waals surface area contributed by atoms with Crippen LogP contribution < -0.4 is 9.47 Å². The van der Waals surface area contributed by atoms with Crippen LogP contribution in [0.2, 0.25) is 0 Å². The molecule has 0 saturated carbocycles. The number of hydrogen-bond acceptors (Lipinski definition) is 3. The Hall–Kier alpha value is -2.21. The summed E-state index contributed by atoms with van der Waals surface area (Å²) < 4.78 is 10.7. The molecule has 0 saturated heterocycles. The highest BCUT2D eigenvalue weighted by atomic mass is 16.5. The van der Waals surface area contributed by atoms with E-state index in [-0.39, 0.29) is 5.92 Å². The van der Waals surface area contributed by atoms with E-state index in [0.29, 0.717) is 5.92 Å². The Bertz CT molecular complexity index is 622. The third-order valence-corrected chi connectivity index (χ3v) is 3.93. The van der Waals surface area contributed by atoms with Crippen molar-refractivity contribution in [2.75, 3.05) is 14.2 Å². The van der Waals surface area contributed by atoms with Crippen molar-refractivity contribution in [3.05, 3.63) is 41.5 Å². The van der Waals surface area contributed by atoms with Crippen molar-refractivity contribution in [1.29, 1.82) is 5.26 Å². The van der Waals surface area contributed by atoms with Crippen molar-refractivity contribution in [3.63, 3.8) is 0 Å². The van der Waals surface area contributed by atoms with E-state index in [1.165, 1.54) is 0 Å². The molecule has 2 aliphatic rings. The van der Waals surface area contributed by atoms with E-state index in [0.717, 1.165) is 34.6 Å². The van der Waals surface area contributed by atoms with Crippen molar-refractivity contribution in [2.45, 2.75) is 6.42 Å². The normalized spacial score (nSPS) is 23.6. The van der Waals surface area contributed by atoms with Crippen LogP contribution in [-0.4, -0.2) is 14.2 Å². The molecule has 1 aromatic carbocycles. The van der Waals surface area contributed by atoms with Crippen molar-refractivity contribution < 1.29 is 9.47 Å². The summed E-state index contributed by atoms with van der Waals surface area (Å²) in [6.45, 7) is 0. The summed E-state index contributed by atoms with van der Waals surface area (Å²) in [4.78, 5) is 0. The predicted molar refractivity (Wildman–Crippen MR) is 72.8 cm³/mol. The second-order valence-corrected chi connectivity index (χ2v) is 4.84. The number of hydrogen-bond donors (Lipinski definition) is 0. The molecule has 0 fully saturated rings. The van der Waals surface area contributed by atoms with Gasteiger partial charge in [-0.15, -0.1) is 0 Å². The van der Waals surface area contributed by atoms with Crippen LogP contribution in [0.3, 0.4) is 0 Å². The molecule has 3 heteroatoms. The summed E-state index contributed by atoms with van der Waals surface area (Å²) in [5.74, 6) is 2.17. The third kappa shape index (κ3) is 1.72. The lowest BCUT2D eigenvalue weighted by atomic mass is 9.91. The molecule has 0 radical (unpaired) electrons. The van der Waals surface area contributed by atoms with Gasteiger partial charge in [0, 0.05) is 29.0 Å². The van der Waals surface area contributed by atoms with Crippen LogP contribution in [0.25, 0.3) is 5.57 Å². The van der Waals surface area contributed by atoms with Gasteiger partial charge in [-0.2, -0.15) is 5.26 Å². The number of nitrogens with zero attached hydrogens (tertiary/aromatic N) is 1. The molecule has 3 rings (SSSR count). The quantitative estimate of drug-likeness (QED) is 0.777. The highest BCUT2D eigenvalue weighted by Crippen LogP contribution is 2.50. The minimum absolute atomic E-state index is 0.289. The fourth-order valence-corrected chi connectivity index (χ4v) is 3.04. The van der Waals surface area contributed by atoms with Crippen molar-refractivity contribution >= 4 is 5.57 Å². The summed E-state index contributed by atoms with van der Waals surface area (Å²) in [6.07, 6.45) is 5.36. The molecule has 1 aromatic rings. The van der Waals surface area contributed by atoms with Crippen LogP contribution in [0.1, 0.15) is 12.0 Å². The molecule has 2 aliphatic carbocycles. The van der Waals surface area contributed by atoms with Gasteiger partial charge in [0.1, 0.15) is 11.5 Å². The lowest BCUT2D eigenvalue weighted by Crippen LogP contribution is -2.00. The molecular formula is C16H15NO2. The van der Waals surface area contributed by atoms with Gasteiger partial charge in [-0.25, -0.2) is 0 Å². The van der Waals surface area contributed by atoms with Crippen LogP contribution in [0.15, 0.2) is 35.9 Å². The molecule has 0 spiro atoms. The van der Waals surface area contributed by atoms with Crippen molar-refractivity contribution in [1.82, 2.24) is 0 Å². The average Bonchev–Trinajstić information content (AvgIpc) is 3.06. The Labute approximate surface area is 112 Å². The summed E-state index contributed by atoms with van der Waals surface area (Å²) >= 11 is 0. The van der Waals surface area contributed by atoms with Crippen LogP contribution in [-0.2, 0) is 0 Å². The third-order valence-electron chi connectivity index (χ3n) is 3.93. The van der Waals surface area contributed by atoms with Crippen molar-refractivity contribution in [2.24, 2.45) is 11.8 Å². The Kier molecular flexibility index (Phi) is 2.79. The number of allylic oxidation sites excluding steroid dienone is 4. The first kappa shape index (κ1) is 11.9. The minimum atomic E-state index is 0.289. The second-order valence-electron chi connectivity index (χ2n) is 4.84. The zero-order valence-electron chi connectivity index (χ0n) is 11.0. The monoisotopic (exact) mass is 253 g/mol. The molecule has 19 heavy (non-hydrogen) atoms. The summed E-state index contributed by atoms with van der Waals surface area (Å²) in [5.41, 5.74) is 3.02. The Morgan fingerprint density at radius 2 is 1.95 bits per heavy atom. The summed E-state index contributed by atoms with van der Waals surface area (Å²) in [6, 6.07) is 8.13. The highest BCUT2D eigenvalue weighted by molar-refractivity contribution is 5.82. The first-order chi connectivity index (χ1) is 9.28. The van der Waals surface area contributed by atoms with Gasteiger partial charge in [-0.1, -0.05) is 12.2 Å². The van der Waals surface area contributed by atoms with E-state index in [1.54, 1.807) is 14.2 Å². The van der Waals surface area contributed by atoms with Gasteiger partial charge < -0.3 is 9.47 Å². The number of methoxy groups -OCH3 is 2. The van der Waals surface area contributed by atoms with E-state index >= 15 is 0 Å². The fraction of sp³-hybridized carbons (Fsp3) is 0.312. The summed E-state index contributed by atoms with van der Waals surface area (Å²) in [5, 5.41) is 9.38. The maximum atomic E-state index is 9.38. The lowest BCUT2D eigenvalue weighted by molar-refractivity contribution is 0.393. The first-order valence-corrected chi connectivity index (χ1v) is 6.33. The molecule has 2 unspecified atom stereocenters. The van der Waals surface area contributed by atoms with Gasteiger partial charge in [-0.05, 0) is 24.1 Å². The molecule has 2 bridgehead atoms. The lowest BCUT2D eigenvalue weighted by Gasteiger charge is -2.16. The maximum absolute atomic E-state index is 9.38. The van der Waals surface area contributed by atoms with Gasteiger partial charge >= 0.3 is 0 Å². The van der Waals surface area contributed by atoms with E-state index in [2.05, 4.69) is 18.2 Å². The highest BCUT2D eigenvalue weighted by Gasteiger charge is 2.36. The molecule has 0 amide bonds. The Morgan fingerprint density at radius 1 is 1.16 bits per heavy atom. The Balaban J connectivity index is 2.13.